The van der Waals surface area contributed by atoms with E-state index in [1.54, 1.807) is 0 Å². The molecule has 2 aromatic rings. The summed E-state index contributed by atoms with van der Waals surface area (Å²) in [6.07, 6.45) is 0. The number of likely N-dealkylation sites (N-methyl/N-ethyl adjacent to an activating group) is 1. The molecule has 0 aliphatic carbocycles. The first kappa shape index (κ1) is 24.8. The second-order valence-corrected chi connectivity index (χ2v) is 7.26. The van der Waals surface area contributed by atoms with Crippen LogP contribution >= 0.6 is 0 Å². The molecule has 0 aromatic heterocycles. The first-order chi connectivity index (χ1) is 13.9. The van der Waals surface area contributed by atoms with E-state index in [2.05, 4.69) is 97.2 Å². The Balaban J connectivity index is 0.000000527. The van der Waals surface area contributed by atoms with Gasteiger partial charge < -0.3 is 4.90 Å². The molecule has 2 unspecified atom stereocenters. The Morgan fingerprint density at radius 2 is 1.34 bits per heavy atom. The van der Waals surface area contributed by atoms with Gasteiger partial charge in [0.2, 0.25) is 5.91 Å². The molecule has 2 aromatic carbocycles. The molecule has 3 N–H and O–H groups in total. The summed E-state index contributed by atoms with van der Waals surface area (Å²) >= 11 is 0. The summed E-state index contributed by atoms with van der Waals surface area (Å²) < 4.78 is 0. The lowest BCUT2D eigenvalue weighted by atomic mass is 9.94. The molecule has 160 valence electrons. The molecule has 1 fully saturated rings. The minimum Gasteiger partial charge on any atom is -0.301 e. The molecule has 1 heterocycles. The van der Waals surface area contributed by atoms with E-state index in [0.29, 0.717) is 18.1 Å². The maximum absolute atomic E-state index is 9.58. The first-order valence-electron chi connectivity index (χ1n) is 10.5. The largest absolute Gasteiger partial charge is 0.301 e. The van der Waals surface area contributed by atoms with Crippen molar-refractivity contribution < 1.29 is 4.79 Å². The highest BCUT2D eigenvalue weighted by Gasteiger charge is 2.33. The standard InChI is InChI=1S/C20H26N2.C2H6N2O.C2H6/c1-16-15-22(17(2)14-21(16)3)20(18-10-6-4-7-11-18)19-12-8-5-9-13-19;1-2(5)4-3;1-2/h4-13,16-17,20H,14-15H2,1-3H3;3H2,1H3,(H,4,5);1-2H3. The molecular weight excluding hydrogens is 360 g/mol. The van der Waals surface area contributed by atoms with E-state index in [0.717, 1.165) is 13.1 Å². The Morgan fingerprint density at radius 1 is 0.931 bits per heavy atom. The fourth-order valence-corrected chi connectivity index (χ4v) is 3.53. The van der Waals surface area contributed by atoms with E-state index in [1.165, 1.54) is 18.1 Å². The van der Waals surface area contributed by atoms with E-state index in [4.69, 9.17) is 0 Å². The van der Waals surface area contributed by atoms with E-state index in [-0.39, 0.29) is 5.91 Å². The van der Waals surface area contributed by atoms with Crippen LogP contribution in [0.1, 0.15) is 51.8 Å². The second-order valence-electron chi connectivity index (χ2n) is 7.26. The van der Waals surface area contributed by atoms with Crippen LogP contribution in [0, 0.1) is 0 Å². The van der Waals surface area contributed by atoms with Crippen LogP contribution < -0.4 is 11.3 Å². The highest BCUT2D eigenvalue weighted by molar-refractivity contribution is 5.71. The third kappa shape index (κ3) is 7.61. The Bertz CT molecular complexity index is 653. The van der Waals surface area contributed by atoms with Gasteiger partial charge in [-0.3, -0.25) is 15.1 Å². The highest BCUT2D eigenvalue weighted by Crippen LogP contribution is 2.32. The molecule has 1 amide bonds. The SMILES string of the molecule is CC.CC(=O)NN.CC1CN(C(c2ccccc2)c2ccccc2)C(C)CN1C. The number of amides is 1. The van der Waals surface area contributed by atoms with Crippen molar-refractivity contribution in [2.45, 2.75) is 52.7 Å². The van der Waals surface area contributed by atoms with Crippen molar-refractivity contribution in [1.29, 1.82) is 0 Å². The van der Waals surface area contributed by atoms with Gasteiger partial charge in [-0.25, -0.2) is 5.84 Å². The Labute approximate surface area is 176 Å². The number of carbonyl (C=O) groups excluding carboxylic acids is 1. The minimum atomic E-state index is -0.218. The predicted octanol–water partition coefficient (Wildman–Crippen LogP) is 3.82. The van der Waals surface area contributed by atoms with Crippen molar-refractivity contribution >= 4 is 5.91 Å². The Hall–Kier alpha value is -2.21. The van der Waals surface area contributed by atoms with Crippen LogP contribution in [0.25, 0.3) is 0 Å². The fraction of sp³-hybridized carbons (Fsp3) is 0.458. The van der Waals surface area contributed by atoms with Gasteiger partial charge in [-0.1, -0.05) is 74.5 Å². The predicted molar refractivity (Wildman–Crippen MR) is 122 cm³/mol. The number of nitrogens with zero attached hydrogens (tertiary/aromatic N) is 2. The van der Waals surface area contributed by atoms with Crippen molar-refractivity contribution in [3.8, 4) is 0 Å². The summed E-state index contributed by atoms with van der Waals surface area (Å²) in [6.45, 7) is 12.2. The van der Waals surface area contributed by atoms with Crippen molar-refractivity contribution in [3.63, 3.8) is 0 Å². The van der Waals surface area contributed by atoms with Gasteiger partial charge >= 0.3 is 0 Å². The zero-order chi connectivity index (χ0) is 21.8. The number of hydrogen-bond acceptors (Lipinski definition) is 4. The third-order valence-corrected chi connectivity index (χ3v) is 5.11. The quantitative estimate of drug-likeness (QED) is 0.469. The molecule has 1 aliphatic heterocycles. The number of carbonyl (C=O) groups is 1. The summed E-state index contributed by atoms with van der Waals surface area (Å²) in [5.74, 6) is 4.35. The lowest BCUT2D eigenvalue weighted by Gasteiger charge is -2.46. The van der Waals surface area contributed by atoms with Gasteiger partial charge in [-0.2, -0.15) is 0 Å². The Morgan fingerprint density at radius 3 is 1.72 bits per heavy atom. The topological polar surface area (TPSA) is 61.6 Å². The van der Waals surface area contributed by atoms with Gasteiger partial charge in [0.25, 0.3) is 0 Å². The fourth-order valence-electron chi connectivity index (χ4n) is 3.53. The normalized spacial score (nSPS) is 19.4. The number of hydrogen-bond donors (Lipinski definition) is 2. The number of hydrazine groups is 1. The van der Waals surface area contributed by atoms with Gasteiger partial charge in [-0.15, -0.1) is 0 Å². The van der Waals surface area contributed by atoms with Crippen LogP contribution in [0.5, 0.6) is 0 Å². The summed E-state index contributed by atoms with van der Waals surface area (Å²) in [7, 11) is 2.23. The third-order valence-electron chi connectivity index (χ3n) is 5.11. The lowest BCUT2D eigenvalue weighted by molar-refractivity contribution is -0.119. The van der Waals surface area contributed by atoms with E-state index in [9.17, 15) is 4.79 Å². The zero-order valence-electron chi connectivity index (χ0n) is 18.8. The molecule has 3 rings (SSSR count). The van der Waals surface area contributed by atoms with Crippen LogP contribution in [-0.4, -0.2) is 47.9 Å². The van der Waals surface area contributed by atoms with Gasteiger partial charge in [0, 0.05) is 32.1 Å². The zero-order valence-corrected chi connectivity index (χ0v) is 18.8. The number of nitrogens with one attached hydrogen (secondary N) is 1. The molecule has 2 atom stereocenters. The Kier molecular flexibility index (Phi) is 11.2. The molecule has 0 radical (unpaired) electrons. The van der Waals surface area contributed by atoms with Crippen LogP contribution in [0.3, 0.4) is 0 Å². The van der Waals surface area contributed by atoms with Crippen LogP contribution in [0.15, 0.2) is 60.7 Å². The van der Waals surface area contributed by atoms with Crippen molar-refractivity contribution in [3.05, 3.63) is 71.8 Å². The van der Waals surface area contributed by atoms with E-state index < -0.39 is 0 Å². The molecule has 1 aliphatic rings. The highest BCUT2D eigenvalue weighted by atomic mass is 16.2. The van der Waals surface area contributed by atoms with E-state index >= 15 is 0 Å². The van der Waals surface area contributed by atoms with Gasteiger partial charge in [0.05, 0.1) is 6.04 Å². The summed E-state index contributed by atoms with van der Waals surface area (Å²) in [6, 6.07) is 23.3. The number of rotatable bonds is 3. The van der Waals surface area contributed by atoms with Crippen molar-refractivity contribution in [2.75, 3.05) is 20.1 Å². The molecule has 0 bridgehead atoms. The molecule has 29 heavy (non-hydrogen) atoms. The second kappa shape index (κ2) is 13.1. The molecule has 0 spiro atoms. The average Bonchev–Trinajstić information content (AvgIpc) is 2.75. The van der Waals surface area contributed by atoms with Crippen LogP contribution in [-0.2, 0) is 4.79 Å². The van der Waals surface area contributed by atoms with Crippen LogP contribution in [0.2, 0.25) is 0 Å². The smallest absolute Gasteiger partial charge is 0.230 e. The maximum atomic E-state index is 9.58. The number of nitrogens with two attached hydrogens (primary N) is 1. The van der Waals surface area contributed by atoms with Crippen LogP contribution in [0.4, 0.5) is 0 Å². The number of piperazine rings is 1. The van der Waals surface area contributed by atoms with Gasteiger partial charge in [-0.05, 0) is 32.0 Å². The monoisotopic (exact) mass is 398 g/mol. The average molecular weight is 399 g/mol. The van der Waals surface area contributed by atoms with E-state index in [1.807, 2.05) is 19.3 Å². The minimum absolute atomic E-state index is 0.218. The lowest BCUT2D eigenvalue weighted by Crippen LogP contribution is -2.55. The van der Waals surface area contributed by atoms with Crippen molar-refractivity contribution in [1.82, 2.24) is 15.2 Å². The molecule has 1 saturated heterocycles. The summed E-state index contributed by atoms with van der Waals surface area (Å²) in [5, 5.41) is 0. The van der Waals surface area contributed by atoms with Gasteiger partial charge in [0.15, 0.2) is 0 Å². The summed E-state index contributed by atoms with van der Waals surface area (Å²) in [5.41, 5.74) is 4.66. The van der Waals surface area contributed by atoms with Gasteiger partial charge in [0.1, 0.15) is 0 Å². The maximum Gasteiger partial charge on any atom is 0.230 e. The molecule has 0 saturated carbocycles. The number of benzene rings is 2. The first-order valence-corrected chi connectivity index (χ1v) is 10.5. The molecular formula is C24H38N4O. The molecule has 5 nitrogen and oxygen atoms in total. The summed E-state index contributed by atoms with van der Waals surface area (Å²) in [4.78, 5) is 14.7. The molecule has 5 heteroatoms. The van der Waals surface area contributed by atoms with Crippen molar-refractivity contribution in [2.24, 2.45) is 5.84 Å².